The van der Waals surface area contributed by atoms with Crippen molar-refractivity contribution in [3.8, 4) is 0 Å². The van der Waals surface area contributed by atoms with Crippen LogP contribution in [0.25, 0.3) is 6.08 Å². The Morgan fingerprint density at radius 1 is 1.29 bits per heavy atom. The minimum absolute atomic E-state index is 0.725. The summed E-state index contributed by atoms with van der Waals surface area (Å²) in [4.78, 5) is 2.32. The summed E-state index contributed by atoms with van der Waals surface area (Å²) in [5, 5.41) is 7.28. The number of benzene rings is 1. The molecule has 0 fully saturated rings. The minimum atomic E-state index is 0.725. The number of aromatic amines is 1. The zero-order valence-corrected chi connectivity index (χ0v) is 12.7. The van der Waals surface area contributed by atoms with Crippen molar-refractivity contribution < 1.29 is 4.74 Å². The molecule has 1 aromatic heterocycles. The molecule has 0 aliphatic carbocycles. The summed E-state index contributed by atoms with van der Waals surface area (Å²) in [6, 6.07) is 12.4. The number of aromatic nitrogens is 2. The molecule has 0 atom stereocenters. The third-order valence-electron chi connectivity index (χ3n) is 3.23. The van der Waals surface area contributed by atoms with Crippen LogP contribution in [0.3, 0.4) is 0 Å². The first-order chi connectivity index (χ1) is 10.3. The lowest BCUT2D eigenvalue weighted by molar-refractivity contribution is 0.150. The van der Waals surface area contributed by atoms with E-state index in [1.54, 1.807) is 7.11 Å². The number of nitrogens with one attached hydrogen (secondary N) is 1. The maximum atomic E-state index is 5.19. The Kier molecular flexibility index (Phi) is 6.19. The number of rotatable bonds is 8. The fourth-order valence-corrected chi connectivity index (χ4v) is 2.14. The summed E-state index contributed by atoms with van der Waals surface area (Å²) < 4.78 is 5.19. The van der Waals surface area contributed by atoms with Crippen LogP contribution in [0, 0.1) is 6.92 Å². The number of nitrogens with zero attached hydrogens (tertiary/aromatic N) is 2. The average molecular weight is 285 g/mol. The summed E-state index contributed by atoms with van der Waals surface area (Å²) in [5.41, 5.74) is 3.38. The van der Waals surface area contributed by atoms with Gasteiger partial charge in [-0.1, -0.05) is 42.5 Å². The predicted octanol–water partition coefficient (Wildman–Crippen LogP) is 2.88. The predicted molar refractivity (Wildman–Crippen MR) is 86.0 cm³/mol. The number of H-pyrrole nitrogens is 1. The van der Waals surface area contributed by atoms with E-state index in [1.165, 1.54) is 5.56 Å². The third-order valence-corrected chi connectivity index (χ3v) is 3.23. The van der Waals surface area contributed by atoms with Crippen LogP contribution in [0.2, 0.25) is 0 Å². The van der Waals surface area contributed by atoms with Gasteiger partial charge in [-0.15, -0.1) is 0 Å². The van der Waals surface area contributed by atoms with Crippen LogP contribution in [-0.4, -0.2) is 41.9 Å². The van der Waals surface area contributed by atoms with E-state index in [2.05, 4.69) is 57.6 Å². The highest BCUT2D eigenvalue weighted by Crippen LogP contribution is 2.05. The summed E-state index contributed by atoms with van der Waals surface area (Å²) in [6.45, 7) is 5.34. The van der Waals surface area contributed by atoms with E-state index in [1.807, 2.05) is 13.0 Å². The zero-order valence-electron chi connectivity index (χ0n) is 12.7. The Labute approximate surface area is 126 Å². The second-order valence-electron chi connectivity index (χ2n) is 5.08. The van der Waals surface area contributed by atoms with Gasteiger partial charge in [0.15, 0.2) is 0 Å². The number of hydrogen-bond acceptors (Lipinski definition) is 3. The van der Waals surface area contributed by atoms with Crippen molar-refractivity contribution in [2.24, 2.45) is 0 Å². The number of hydrogen-bond donors (Lipinski definition) is 1. The third kappa shape index (κ3) is 5.53. The smallest absolute Gasteiger partial charge is 0.0765 e. The fourth-order valence-electron chi connectivity index (χ4n) is 2.14. The highest BCUT2D eigenvalue weighted by atomic mass is 16.5. The molecule has 0 amide bonds. The summed E-state index contributed by atoms with van der Waals surface area (Å²) in [5.74, 6) is 0. The lowest BCUT2D eigenvalue weighted by atomic mass is 10.2. The molecule has 1 aromatic carbocycles. The van der Waals surface area contributed by atoms with Gasteiger partial charge in [0, 0.05) is 32.4 Å². The van der Waals surface area contributed by atoms with Crippen molar-refractivity contribution >= 4 is 6.08 Å². The van der Waals surface area contributed by atoms with E-state index >= 15 is 0 Å². The topological polar surface area (TPSA) is 41.1 Å². The molecule has 4 heteroatoms. The molecule has 0 aliphatic rings. The van der Waals surface area contributed by atoms with Gasteiger partial charge in [0.05, 0.1) is 12.3 Å². The molecule has 0 unspecified atom stereocenters. The largest absolute Gasteiger partial charge is 0.383 e. The number of methoxy groups -OCH3 is 1. The van der Waals surface area contributed by atoms with Crippen LogP contribution in [0.5, 0.6) is 0 Å². The molecule has 0 radical (unpaired) electrons. The van der Waals surface area contributed by atoms with Gasteiger partial charge in [-0.2, -0.15) is 5.10 Å². The van der Waals surface area contributed by atoms with E-state index < -0.39 is 0 Å². The maximum Gasteiger partial charge on any atom is 0.0765 e. The first kappa shape index (κ1) is 15.5. The molecule has 0 saturated heterocycles. The summed E-state index contributed by atoms with van der Waals surface area (Å²) in [6.07, 6.45) is 4.33. The average Bonchev–Trinajstić information content (AvgIpc) is 2.91. The van der Waals surface area contributed by atoms with Crippen molar-refractivity contribution in [3.63, 3.8) is 0 Å². The first-order valence-electron chi connectivity index (χ1n) is 7.21. The van der Waals surface area contributed by atoms with E-state index in [4.69, 9.17) is 4.74 Å². The van der Waals surface area contributed by atoms with Gasteiger partial charge in [-0.25, -0.2) is 0 Å². The highest BCUT2D eigenvalue weighted by Gasteiger charge is 2.06. The zero-order chi connectivity index (χ0) is 14.9. The van der Waals surface area contributed by atoms with Gasteiger partial charge in [0.2, 0.25) is 0 Å². The van der Waals surface area contributed by atoms with Crippen LogP contribution in [0.15, 0.2) is 42.5 Å². The molecule has 1 N–H and O–H groups in total. The molecule has 0 bridgehead atoms. The SMILES string of the molecule is COCCN(CC=Cc1ccccc1)Cc1cc(C)[nH]n1. The van der Waals surface area contributed by atoms with Gasteiger partial charge in [-0.05, 0) is 18.6 Å². The van der Waals surface area contributed by atoms with Crippen LogP contribution in [-0.2, 0) is 11.3 Å². The maximum absolute atomic E-state index is 5.19. The molecule has 0 aliphatic heterocycles. The van der Waals surface area contributed by atoms with Crippen molar-refractivity contribution in [1.29, 1.82) is 0 Å². The molecule has 4 nitrogen and oxygen atoms in total. The van der Waals surface area contributed by atoms with Gasteiger partial charge in [-0.3, -0.25) is 10.00 Å². The molecule has 1 heterocycles. The standard InChI is InChI=1S/C17H23N3O/c1-15-13-17(19-18-15)14-20(11-12-21-2)10-6-9-16-7-4-3-5-8-16/h3-9,13H,10-12,14H2,1-2H3,(H,18,19). The normalized spacial score (nSPS) is 11.6. The minimum Gasteiger partial charge on any atom is -0.383 e. The summed E-state index contributed by atoms with van der Waals surface area (Å²) >= 11 is 0. The Balaban J connectivity index is 1.91. The Hall–Kier alpha value is -1.91. The lowest BCUT2D eigenvalue weighted by Gasteiger charge is -2.18. The second-order valence-corrected chi connectivity index (χ2v) is 5.08. The monoisotopic (exact) mass is 285 g/mol. The quantitative estimate of drug-likeness (QED) is 0.811. The van der Waals surface area contributed by atoms with Crippen molar-refractivity contribution in [2.75, 3.05) is 26.8 Å². The highest BCUT2D eigenvalue weighted by molar-refractivity contribution is 5.48. The lowest BCUT2D eigenvalue weighted by Crippen LogP contribution is -2.27. The molecule has 2 aromatic rings. The number of ether oxygens (including phenoxy) is 1. The van der Waals surface area contributed by atoms with E-state index in [9.17, 15) is 0 Å². The van der Waals surface area contributed by atoms with Crippen LogP contribution < -0.4 is 0 Å². The van der Waals surface area contributed by atoms with Gasteiger partial charge in [0.25, 0.3) is 0 Å². The van der Waals surface area contributed by atoms with E-state index in [-0.39, 0.29) is 0 Å². The van der Waals surface area contributed by atoms with Crippen LogP contribution in [0.4, 0.5) is 0 Å². The first-order valence-corrected chi connectivity index (χ1v) is 7.21. The van der Waals surface area contributed by atoms with Crippen molar-refractivity contribution in [2.45, 2.75) is 13.5 Å². The summed E-state index contributed by atoms with van der Waals surface area (Å²) in [7, 11) is 1.73. The Morgan fingerprint density at radius 3 is 2.76 bits per heavy atom. The van der Waals surface area contributed by atoms with Crippen LogP contribution in [0.1, 0.15) is 17.0 Å². The van der Waals surface area contributed by atoms with Gasteiger partial charge >= 0.3 is 0 Å². The van der Waals surface area contributed by atoms with E-state index in [0.29, 0.717) is 0 Å². The fraction of sp³-hybridized carbons (Fsp3) is 0.353. The molecule has 112 valence electrons. The molecule has 0 saturated carbocycles. The molecular formula is C17H23N3O. The van der Waals surface area contributed by atoms with Crippen molar-refractivity contribution in [1.82, 2.24) is 15.1 Å². The van der Waals surface area contributed by atoms with Gasteiger partial charge < -0.3 is 4.74 Å². The molecular weight excluding hydrogens is 262 g/mol. The second kappa shape index (κ2) is 8.39. The van der Waals surface area contributed by atoms with E-state index in [0.717, 1.165) is 37.6 Å². The number of aryl methyl sites for hydroxylation is 1. The van der Waals surface area contributed by atoms with Gasteiger partial charge in [0.1, 0.15) is 0 Å². The Morgan fingerprint density at radius 2 is 2.10 bits per heavy atom. The molecule has 21 heavy (non-hydrogen) atoms. The molecule has 2 rings (SSSR count). The Bertz CT molecular complexity index is 548. The van der Waals surface area contributed by atoms with Crippen LogP contribution >= 0.6 is 0 Å². The van der Waals surface area contributed by atoms with Crippen molar-refractivity contribution in [3.05, 3.63) is 59.4 Å². The molecule has 0 spiro atoms.